The van der Waals surface area contributed by atoms with Crippen LogP contribution in [-0.2, 0) is 0 Å². The van der Waals surface area contributed by atoms with Crippen molar-refractivity contribution in [2.45, 2.75) is 44.2 Å². The Morgan fingerprint density at radius 1 is 0.943 bits per heavy atom. The second kappa shape index (κ2) is 12.6. The minimum absolute atomic E-state index is 0.0674. The topological polar surface area (TPSA) is 48.5 Å². The summed E-state index contributed by atoms with van der Waals surface area (Å²) in [6.45, 7) is 6.12. The number of nitrogens with one attached hydrogen (secondary N) is 1. The fourth-order valence-corrected chi connectivity index (χ4v) is 5.06. The van der Waals surface area contributed by atoms with Gasteiger partial charge >= 0.3 is 0 Å². The van der Waals surface area contributed by atoms with Gasteiger partial charge in [-0.05, 0) is 64.0 Å². The number of nitrogens with zero attached hydrogens (tertiary/aromatic N) is 3. The molecule has 3 aromatic rings. The zero-order valence-corrected chi connectivity index (χ0v) is 21.0. The second-order valence-electron chi connectivity index (χ2n) is 9.58. The van der Waals surface area contributed by atoms with Gasteiger partial charge in [0.1, 0.15) is 5.69 Å². The Labute approximate surface area is 210 Å². The highest BCUT2D eigenvalue weighted by Gasteiger charge is 2.38. The summed E-state index contributed by atoms with van der Waals surface area (Å²) in [6.07, 6.45) is 3.57. The predicted octanol–water partition coefficient (Wildman–Crippen LogP) is 5.14. The molecule has 2 saturated heterocycles. The maximum atomic E-state index is 13.5. The van der Waals surface area contributed by atoms with Crippen LogP contribution < -0.4 is 5.32 Å². The van der Waals surface area contributed by atoms with E-state index in [1.807, 2.05) is 61.6 Å². The van der Waals surface area contributed by atoms with Crippen LogP contribution in [0.15, 0.2) is 84.9 Å². The molecule has 0 spiro atoms. The van der Waals surface area contributed by atoms with E-state index in [9.17, 15) is 4.79 Å². The van der Waals surface area contributed by atoms with E-state index in [1.165, 1.54) is 18.4 Å². The molecule has 0 bridgehead atoms. The minimum Gasteiger partial charge on any atom is -0.332 e. The number of aromatic nitrogens is 1. The molecule has 0 radical (unpaired) electrons. The quantitative estimate of drug-likeness (QED) is 0.542. The van der Waals surface area contributed by atoms with Crippen LogP contribution in [0.25, 0.3) is 0 Å². The number of carbonyl (C=O) groups is 1. The maximum Gasteiger partial charge on any atom is 0.272 e. The SMILES string of the molecule is CNC(C)c1cccc(C(=O)N2CC(c3ccccc3)CC2CN2CCCC2)n1.c1ccccc1. The molecule has 0 saturated carbocycles. The summed E-state index contributed by atoms with van der Waals surface area (Å²) < 4.78 is 0. The second-order valence-corrected chi connectivity index (χ2v) is 9.58. The molecule has 5 heteroatoms. The third kappa shape index (κ3) is 6.77. The predicted molar refractivity (Wildman–Crippen MR) is 142 cm³/mol. The molecule has 2 aromatic carbocycles. The fourth-order valence-electron chi connectivity index (χ4n) is 5.06. The Balaban J connectivity index is 0.000000421. The van der Waals surface area contributed by atoms with E-state index >= 15 is 0 Å². The first-order valence-corrected chi connectivity index (χ1v) is 12.9. The number of rotatable bonds is 6. The summed E-state index contributed by atoms with van der Waals surface area (Å²) in [7, 11) is 1.91. The molecule has 1 N–H and O–H groups in total. The summed E-state index contributed by atoms with van der Waals surface area (Å²) in [6, 6.07) is 28.8. The lowest BCUT2D eigenvalue weighted by molar-refractivity contribution is 0.0701. The smallest absolute Gasteiger partial charge is 0.272 e. The highest BCUT2D eigenvalue weighted by atomic mass is 16.2. The molecule has 35 heavy (non-hydrogen) atoms. The zero-order valence-electron chi connectivity index (χ0n) is 21.0. The largest absolute Gasteiger partial charge is 0.332 e. The highest BCUT2D eigenvalue weighted by molar-refractivity contribution is 5.93. The van der Waals surface area contributed by atoms with Gasteiger partial charge in [0.05, 0.1) is 5.69 Å². The van der Waals surface area contributed by atoms with Gasteiger partial charge in [0.25, 0.3) is 5.91 Å². The molecule has 3 atom stereocenters. The Morgan fingerprint density at radius 2 is 1.57 bits per heavy atom. The van der Waals surface area contributed by atoms with Crippen molar-refractivity contribution in [3.8, 4) is 0 Å². The van der Waals surface area contributed by atoms with Gasteiger partial charge in [-0.2, -0.15) is 0 Å². The van der Waals surface area contributed by atoms with Crippen LogP contribution in [-0.4, -0.2) is 60.0 Å². The van der Waals surface area contributed by atoms with Gasteiger partial charge in [-0.15, -0.1) is 0 Å². The van der Waals surface area contributed by atoms with Crippen molar-refractivity contribution >= 4 is 5.91 Å². The lowest BCUT2D eigenvalue weighted by atomic mass is 9.96. The number of amides is 1. The van der Waals surface area contributed by atoms with Crippen LogP contribution in [0, 0.1) is 0 Å². The van der Waals surface area contributed by atoms with Crippen molar-refractivity contribution in [2.24, 2.45) is 0 Å². The van der Waals surface area contributed by atoms with Crippen molar-refractivity contribution in [1.82, 2.24) is 20.1 Å². The van der Waals surface area contributed by atoms with Crippen LogP contribution in [0.2, 0.25) is 0 Å². The van der Waals surface area contributed by atoms with Gasteiger partial charge in [0.15, 0.2) is 0 Å². The van der Waals surface area contributed by atoms with Crippen LogP contribution in [0.3, 0.4) is 0 Å². The third-order valence-corrected chi connectivity index (χ3v) is 7.15. The Kier molecular flexibility index (Phi) is 9.04. The zero-order chi connectivity index (χ0) is 24.5. The summed E-state index contributed by atoms with van der Waals surface area (Å²) in [5, 5.41) is 3.21. The molecule has 3 unspecified atom stereocenters. The average molecular weight is 471 g/mol. The van der Waals surface area contributed by atoms with Gasteiger partial charge in [0, 0.05) is 31.1 Å². The first-order valence-electron chi connectivity index (χ1n) is 12.9. The molecule has 1 aromatic heterocycles. The highest BCUT2D eigenvalue weighted by Crippen LogP contribution is 2.33. The number of benzene rings is 2. The van der Waals surface area contributed by atoms with Crippen molar-refractivity contribution in [2.75, 3.05) is 33.2 Å². The molecule has 2 aliphatic rings. The fraction of sp³-hybridized carbons (Fsp3) is 0.400. The van der Waals surface area contributed by atoms with Gasteiger partial charge in [-0.25, -0.2) is 4.98 Å². The van der Waals surface area contributed by atoms with Gasteiger partial charge in [-0.3, -0.25) is 4.79 Å². The lowest BCUT2D eigenvalue weighted by Gasteiger charge is -2.28. The molecule has 2 fully saturated rings. The standard InChI is InChI=1S/C24H32N4O.C6H6/c1-18(25-2)22-11-8-12-23(26-22)24(29)28-16-20(19-9-4-3-5-10-19)15-21(28)17-27-13-6-7-14-27;1-2-4-6-5-3-1/h3-5,8-12,18,20-21,25H,6-7,13-17H2,1-2H3;1-6H. The minimum atomic E-state index is 0.0674. The summed E-state index contributed by atoms with van der Waals surface area (Å²) in [4.78, 5) is 22.8. The normalized spacial score (nSPS) is 20.8. The lowest BCUT2D eigenvalue weighted by Crippen LogP contribution is -2.43. The molecule has 1 amide bonds. The van der Waals surface area contributed by atoms with Crippen molar-refractivity contribution in [1.29, 1.82) is 0 Å². The number of carbonyl (C=O) groups excluding carboxylic acids is 1. The Bertz CT molecular complexity index is 1010. The summed E-state index contributed by atoms with van der Waals surface area (Å²) in [5.41, 5.74) is 2.80. The number of hydrogen-bond donors (Lipinski definition) is 1. The summed E-state index contributed by atoms with van der Waals surface area (Å²) >= 11 is 0. The van der Waals surface area contributed by atoms with Crippen molar-refractivity contribution in [3.63, 3.8) is 0 Å². The van der Waals surface area contributed by atoms with E-state index in [4.69, 9.17) is 0 Å². The van der Waals surface area contributed by atoms with Crippen LogP contribution in [0.4, 0.5) is 0 Å². The van der Waals surface area contributed by atoms with E-state index in [-0.39, 0.29) is 18.0 Å². The third-order valence-electron chi connectivity index (χ3n) is 7.15. The molecule has 5 nitrogen and oxygen atoms in total. The number of pyridine rings is 1. The molecule has 0 aliphatic carbocycles. The van der Waals surface area contributed by atoms with Crippen LogP contribution in [0.5, 0.6) is 0 Å². The molecular weight excluding hydrogens is 432 g/mol. The summed E-state index contributed by atoms with van der Waals surface area (Å²) in [5.74, 6) is 0.463. The van der Waals surface area contributed by atoms with Crippen LogP contribution in [0.1, 0.15) is 59.9 Å². The number of likely N-dealkylation sites (tertiary alicyclic amines) is 2. The molecule has 5 rings (SSSR count). The van der Waals surface area contributed by atoms with E-state index in [0.29, 0.717) is 11.6 Å². The Hall–Kier alpha value is -3.02. The molecule has 184 valence electrons. The molecule has 3 heterocycles. The van der Waals surface area contributed by atoms with Gasteiger partial charge in [0.2, 0.25) is 0 Å². The first-order chi connectivity index (χ1) is 17.2. The maximum absolute atomic E-state index is 13.5. The van der Waals surface area contributed by atoms with Crippen molar-refractivity contribution < 1.29 is 4.79 Å². The number of hydrogen-bond acceptors (Lipinski definition) is 4. The molecule has 2 aliphatic heterocycles. The monoisotopic (exact) mass is 470 g/mol. The van der Waals surface area contributed by atoms with Gasteiger partial charge < -0.3 is 15.1 Å². The first kappa shape index (κ1) is 25.1. The van der Waals surface area contributed by atoms with E-state index in [1.54, 1.807) is 0 Å². The van der Waals surface area contributed by atoms with Crippen molar-refractivity contribution in [3.05, 3.63) is 102 Å². The van der Waals surface area contributed by atoms with Crippen LogP contribution >= 0.6 is 0 Å². The van der Waals surface area contributed by atoms with Gasteiger partial charge in [-0.1, -0.05) is 72.8 Å². The molecular formula is C30H38N4O. The van der Waals surface area contributed by atoms with E-state index in [0.717, 1.165) is 38.3 Å². The Morgan fingerprint density at radius 3 is 2.20 bits per heavy atom. The van der Waals surface area contributed by atoms with E-state index in [2.05, 4.69) is 57.4 Å². The van der Waals surface area contributed by atoms with E-state index < -0.39 is 0 Å². The average Bonchev–Trinajstić information content (AvgIpc) is 3.60.